The van der Waals surface area contributed by atoms with Gasteiger partial charge in [-0.1, -0.05) is 36.8 Å². The minimum absolute atomic E-state index is 0.525. The molecule has 0 bridgehead atoms. The highest BCUT2D eigenvalue weighted by Crippen LogP contribution is 2.11. The van der Waals surface area contributed by atoms with Crippen LogP contribution in [0.5, 0.6) is 5.75 Å². The standard InChI is InChI=1S/C13H18N4O/c1-2-6-12-13(14)15-16-17(12)9-10-18-11-7-4-3-5-8-11/h3-5,7-8H,2,6,9-10,14H2,1H3. The number of para-hydroxylation sites is 1. The van der Waals surface area contributed by atoms with Gasteiger partial charge in [-0.15, -0.1) is 5.10 Å². The Morgan fingerprint density at radius 1 is 1.28 bits per heavy atom. The van der Waals surface area contributed by atoms with E-state index in [2.05, 4.69) is 17.2 Å². The van der Waals surface area contributed by atoms with E-state index in [1.165, 1.54) is 0 Å². The normalized spacial score (nSPS) is 10.5. The number of anilines is 1. The van der Waals surface area contributed by atoms with Gasteiger partial charge in [0.25, 0.3) is 0 Å². The van der Waals surface area contributed by atoms with Crippen LogP contribution in [-0.2, 0) is 13.0 Å². The molecule has 0 saturated heterocycles. The quantitative estimate of drug-likeness (QED) is 0.845. The van der Waals surface area contributed by atoms with E-state index in [0.717, 1.165) is 24.3 Å². The van der Waals surface area contributed by atoms with Crippen LogP contribution in [0.3, 0.4) is 0 Å². The topological polar surface area (TPSA) is 66.0 Å². The molecule has 0 saturated carbocycles. The van der Waals surface area contributed by atoms with Crippen LogP contribution in [0.15, 0.2) is 30.3 Å². The van der Waals surface area contributed by atoms with Crippen LogP contribution in [0.25, 0.3) is 0 Å². The second-order valence-corrected chi connectivity index (χ2v) is 4.06. The Morgan fingerprint density at radius 2 is 2.06 bits per heavy atom. The highest BCUT2D eigenvalue weighted by Gasteiger charge is 2.08. The molecule has 96 valence electrons. The van der Waals surface area contributed by atoms with Crippen molar-refractivity contribution in [1.82, 2.24) is 15.0 Å². The lowest BCUT2D eigenvalue weighted by molar-refractivity contribution is 0.287. The molecule has 2 N–H and O–H groups in total. The summed E-state index contributed by atoms with van der Waals surface area (Å²) in [5.41, 5.74) is 6.77. The maximum atomic E-state index is 5.78. The fraction of sp³-hybridized carbons (Fsp3) is 0.385. The molecule has 2 aromatic rings. The van der Waals surface area contributed by atoms with Gasteiger partial charge < -0.3 is 10.5 Å². The predicted molar refractivity (Wildman–Crippen MR) is 70.4 cm³/mol. The van der Waals surface area contributed by atoms with E-state index in [1.807, 2.05) is 35.0 Å². The maximum Gasteiger partial charge on any atom is 0.169 e. The van der Waals surface area contributed by atoms with Crippen molar-refractivity contribution in [3.8, 4) is 5.75 Å². The van der Waals surface area contributed by atoms with Crippen molar-refractivity contribution in [2.75, 3.05) is 12.3 Å². The van der Waals surface area contributed by atoms with Gasteiger partial charge in [-0.05, 0) is 18.6 Å². The van der Waals surface area contributed by atoms with Crippen molar-refractivity contribution < 1.29 is 4.74 Å². The Kier molecular flexibility index (Phi) is 4.17. The number of nitrogens with two attached hydrogens (primary N) is 1. The molecule has 0 unspecified atom stereocenters. The summed E-state index contributed by atoms with van der Waals surface area (Å²) >= 11 is 0. The maximum absolute atomic E-state index is 5.78. The van der Waals surface area contributed by atoms with Crippen molar-refractivity contribution >= 4 is 5.82 Å². The first-order chi connectivity index (χ1) is 8.81. The average molecular weight is 246 g/mol. The number of nitrogen functional groups attached to an aromatic ring is 1. The van der Waals surface area contributed by atoms with Gasteiger partial charge in [-0.25, -0.2) is 4.68 Å². The second kappa shape index (κ2) is 6.05. The van der Waals surface area contributed by atoms with E-state index >= 15 is 0 Å². The number of aromatic nitrogens is 3. The summed E-state index contributed by atoms with van der Waals surface area (Å²) in [6, 6.07) is 9.73. The van der Waals surface area contributed by atoms with E-state index < -0.39 is 0 Å². The lowest BCUT2D eigenvalue weighted by Gasteiger charge is -2.08. The number of rotatable bonds is 6. The molecule has 0 aliphatic carbocycles. The van der Waals surface area contributed by atoms with Gasteiger partial charge >= 0.3 is 0 Å². The van der Waals surface area contributed by atoms with Crippen molar-refractivity contribution in [2.24, 2.45) is 0 Å². The predicted octanol–water partition coefficient (Wildman–Crippen LogP) is 1.89. The highest BCUT2D eigenvalue weighted by molar-refractivity contribution is 5.32. The van der Waals surface area contributed by atoms with Gasteiger partial charge in [0, 0.05) is 0 Å². The molecule has 18 heavy (non-hydrogen) atoms. The van der Waals surface area contributed by atoms with Crippen LogP contribution in [0.2, 0.25) is 0 Å². The van der Waals surface area contributed by atoms with Crippen molar-refractivity contribution in [3.63, 3.8) is 0 Å². The Morgan fingerprint density at radius 3 is 2.78 bits per heavy atom. The summed E-state index contributed by atoms with van der Waals surface area (Å²) in [6.45, 7) is 3.33. The number of nitrogens with zero attached hydrogens (tertiary/aromatic N) is 3. The molecular weight excluding hydrogens is 228 g/mol. The first kappa shape index (κ1) is 12.4. The van der Waals surface area contributed by atoms with Crippen LogP contribution in [0, 0.1) is 0 Å². The number of hydrogen-bond donors (Lipinski definition) is 1. The first-order valence-corrected chi connectivity index (χ1v) is 6.17. The van der Waals surface area contributed by atoms with E-state index in [9.17, 15) is 0 Å². The van der Waals surface area contributed by atoms with Gasteiger partial charge in [0.1, 0.15) is 12.4 Å². The van der Waals surface area contributed by atoms with Crippen LogP contribution < -0.4 is 10.5 Å². The number of hydrogen-bond acceptors (Lipinski definition) is 4. The lowest BCUT2D eigenvalue weighted by atomic mass is 10.2. The SMILES string of the molecule is CCCc1c(N)nnn1CCOc1ccccc1. The van der Waals surface area contributed by atoms with Gasteiger partial charge in [-0.2, -0.15) is 0 Å². The summed E-state index contributed by atoms with van der Waals surface area (Å²) in [5, 5.41) is 7.92. The molecule has 5 nitrogen and oxygen atoms in total. The average Bonchev–Trinajstić information content (AvgIpc) is 2.73. The van der Waals surface area contributed by atoms with Crippen molar-refractivity contribution in [1.29, 1.82) is 0 Å². The van der Waals surface area contributed by atoms with Crippen molar-refractivity contribution in [2.45, 2.75) is 26.3 Å². The molecule has 2 rings (SSSR count). The summed E-state index contributed by atoms with van der Waals surface area (Å²) in [5.74, 6) is 1.39. The molecule has 0 fully saturated rings. The van der Waals surface area contributed by atoms with Gasteiger partial charge in [0.05, 0.1) is 12.2 Å². The molecule has 0 atom stereocenters. The molecule has 1 heterocycles. The van der Waals surface area contributed by atoms with Gasteiger partial charge in [0.2, 0.25) is 0 Å². The molecule has 0 amide bonds. The Bertz CT molecular complexity index is 481. The zero-order chi connectivity index (χ0) is 12.8. The van der Waals surface area contributed by atoms with Crippen molar-refractivity contribution in [3.05, 3.63) is 36.0 Å². The Hall–Kier alpha value is -2.04. The zero-order valence-corrected chi connectivity index (χ0v) is 10.5. The Labute approximate surface area is 107 Å². The monoisotopic (exact) mass is 246 g/mol. The van der Waals surface area contributed by atoms with E-state index in [1.54, 1.807) is 0 Å². The molecule has 0 radical (unpaired) electrons. The van der Waals surface area contributed by atoms with E-state index in [4.69, 9.17) is 10.5 Å². The summed E-state index contributed by atoms with van der Waals surface area (Å²) in [7, 11) is 0. The van der Waals surface area contributed by atoms with Gasteiger partial charge in [-0.3, -0.25) is 0 Å². The van der Waals surface area contributed by atoms with Crippen LogP contribution in [0.4, 0.5) is 5.82 Å². The molecule has 1 aromatic carbocycles. The second-order valence-electron chi connectivity index (χ2n) is 4.06. The fourth-order valence-corrected chi connectivity index (χ4v) is 1.79. The molecular formula is C13H18N4O. The minimum Gasteiger partial charge on any atom is -0.492 e. The van der Waals surface area contributed by atoms with Gasteiger partial charge in [0.15, 0.2) is 5.82 Å². The fourth-order valence-electron chi connectivity index (χ4n) is 1.79. The van der Waals surface area contributed by atoms with Crippen LogP contribution in [0.1, 0.15) is 19.0 Å². The zero-order valence-electron chi connectivity index (χ0n) is 10.5. The smallest absolute Gasteiger partial charge is 0.169 e. The molecule has 0 aliphatic rings. The lowest BCUT2D eigenvalue weighted by Crippen LogP contribution is -2.12. The summed E-state index contributed by atoms with van der Waals surface area (Å²) < 4.78 is 7.44. The highest BCUT2D eigenvalue weighted by atomic mass is 16.5. The summed E-state index contributed by atoms with van der Waals surface area (Å²) in [4.78, 5) is 0. The number of ether oxygens (including phenoxy) is 1. The van der Waals surface area contributed by atoms with Crippen LogP contribution in [-0.4, -0.2) is 21.6 Å². The summed E-state index contributed by atoms with van der Waals surface area (Å²) in [6.07, 6.45) is 1.92. The Balaban J connectivity index is 1.90. The largest absolute Gasteiger partial charge is 0.492 e. The van der Waals surface area contributed by atoms with E-state index in [-0.39, 0.29) is 0 Å². The number of benzene rings is 1. The molecule has 0 spiro atoms. The minimum atomic E-state index is 0.525. The molecule has 5 heteroatoms. The van der Waals surface area contributed by atoms with Crippen LogP contribution >= 0.6 is 0 Å². The van der Waals surface area contributed by atoms with E-state index in [0.29, 0.717) is 19.0 Å². The third-order valence-corrected chi connectivity index (χ3v) is 2.67. The molecule has 0 aliphatic heterocycles. The third kappa shape index (κ3) is 3.00. The third-order valence-electron chi connectivity index (χ3n) is 2.67. The first-order valence-electron chi connectivity index (χ1n) is 6.17. The molecule has 1 aromatic heterocycles.